The van der Waals surface area contributed by atoms with Gasteiger partial charge in [0.25, 0.3) is 0 Å². The van der Waals surface area contributed by atoms with Gasteiger partial charge < -0.3 is 9.94 Å². The van der Waals surface area contributed by atoms with E-state index in [2.05, 4.69) is 48.6 Å². The Morgan fingerprint density at radius 1 is 0.879 bits per heavy atom. The van der Waals surface area contributed by atoms with Gasteiger partial charge in [-0.3, -0.25) is 0 Å². The van der Waals surface area contributed by atoms with Gasteiger partial charge in [-0.15, -0.1) is 0 Å². The molecule has 4 nitrogen and oxygen atoms in total. The molecule has 4 rings (SSSR count). The third-order valence-corrected chi connectivity index (χ3v) is 7.81. The van der Waals surface area contributed by atoms with Crippen molar-refractivity contribution in [1.29, 1.82) is 0 Å². The summed E-state index contributed by atoms with van der Waals surface area (Å²) in [6.45, 7) is 7.93. The number of hydroxylamine groups is 2. The van der Waals surface area contributed by atoms with E-state index in [-0.39, 0.29) is 12.1 Å². The first kappa shape index (κ1) is 24.0. The zero-order valence-corrected chi connectivity index (χ0v) is 20.5. The number of piperidine rings is 1. The van der Waals surface area contributed by atoms with Crippen molar-refractivity contribution >= 4 is 5.97 Å². The number of benzene rings is 1. The fourth-order valence-corrected chi connectivity index (χ4v) is 6.10. The van der Waals surface area contributed by atoms with Crippen LogP contribution in [0.2, 0.25) is 0 Å². The molecule has 1 N–H and O–H groups in total. The Morgan fingerprint density at radius 3 is 1.97 bits per heavy atom. The molecular weight excluding hydrogens is 410 g/mol. The monoisotopic (exact) mass is 449 g/mol. The molecule has 1 aromatic rings. The predicted octanol–water partition coefficient (Wildman–Crippen LogP) is 6.83. The summed E-state index contributed by atoms with van der Waals surface area (Å²) in [6.07, 6.45) is 19.1. The standard InChI is InChI=1S/C29H39NO3/c1-28(2)19-26(20-29(3,4)30(28)32)33-27(31)25-17-15-24(16-18-25)23-13-11-22(12-14-23)21-9-7-5-6-8-10-21/h5-10,15-18,21-23,26,32H,11-14,19-20H2,1-4H3. The fourth-order valence-electron chi connectivity index (χ4n) is 6.10. The Bertz CT molecular complexity index is 883. The van der Waals surface area contributed by atoms with Crippen LogP contribution >= 0.6 is 0 Å². The van der Waals surface area contributed by atoms with E-state index in [4.69, 9.17) is 4.74 Å². The molecule has 0 radical (unpaired) electrons. The summed E-state index contributed by atoms with van der Waals surface area (Å²) in [7, 11) is 0. The summed E-state index contributed by atoms with van der Waals surface area (Å²) in [6, 6.07) is 8.07. The molecule has 0 aromatic heterocycles. The second-order valence-electron chi connectivity index (χ2n) is 11.3. The second-order valence-corrected chi connectivity index (χ2v) is 11.3. The SMILES string of the molecule is CC1(C)CC(OC(=O)c2ccc(C3CCC(C4C=CC=CC=C4)CC3)cc2)CC(C)(C)N1O. The van der Waals surface area contributed by atoms with Gasteiger partial charge in [0.15, 0.2) is 0 Å². The van der Waals surface area contributed by atoms with Crippen LogP contribution in [0.1, 0.15) is 88.1 Å². The number of nitrogens with zero attached hydrogens (tertiary/aromatic N) is 1. The van der Waals surface area contributed by atoms with Gasteiger partial charge in [-0.2, -0.15) is 5.06 Å². The zero-order chi connectivity index (χ0) is 23.6. The van der Waals surface area contributed by atoms with Crippen LogP contribution in [0.3, 0.4) is 0 Å². The minimum Gasteiger partial charge on any atom is -0.459 e. The Hall–Kier alpha value is -2.17. The van der Waals surface area contributed by atoms with Crippen molar-refractivity contribution < 1.29 is 14.7 Å². The number of ether oxygens (including phenoxy) is 1. The van der Waals surface area contributed by atoms with Crippen molar-refractivity contribution in [2.24, 2.45) is 11.8 Å². The van der Waals surface area contributed by atoms with Crippen molar-refractivity contribution in [3.05, 3.63) is 71.8 Å². The van der Waals surface area contributed by atoms with Crippen molar-refractivity contribution in [1.82, 2.24) is 5.06 Å². The first-order valence-electron chi connectivity index (χ1n) is 12.5. The van der Waals surface area contributed by atoms with Gasteiger partial charge in [-0.25, -0.2) is 4.79 Å². The number of hydrogen-bond acceptors (Lipinski definition) is 4. The number of carbonyl (C=O) groups is 1. The predicted molar refractivity (Wildman–Crippen MR) is 132 cm³/mol. The average molecular weight is 450 g/mol. The molecule has 2 aliphatic carbocycles. The molecule has 1 aromatic carbocycles. The van der Waals surface area contributed by atoms with Gasteiger partial charge >= 0.3 is 5.97 Å². The summed E-state index contributed by atoms with van der Waals surface area (Å²) in [4.78, 5) is 12.8. The van der Waals surface area contributed by atoms with Crippen LogP contribution < -0.4 is 0 Å². The van der Waals surface area contributed by atoms with Gasteiger partial charge in [-0.1, -0.05) is 48.6 Å². The third kappa shape index (κ3) is 5.50. The normalized spacial score (nSPS) is 27.9. The highest BCUT2D eigenvalue weighted by molar-refractivity contribution is 5.89. The molecule has 2 fully saturated rings. The van der Waals surface area contributed by atoms with E-state index in [9.17, 15) is 10.0 Å². The molecule has 3 aliphatic rings. The summed E-state index contributed by atoms with van der Waals surface area (Å²) >= 11 is 0. The van der Waals surface area contributed by atoms with Gasteiger partial charge in [0.1, 0.15) is 6.10 Å². The number of rotatable bonds is 4. The van der Waals surface area contributed by atoms with E-state index in [0.717, 1.165) is 5.92 Å². The maximum Gasteiger partial charge on any atom is 0.338 e. The van der Waals surface area contributed by atoms with Gasteiger partial charge in [0.05, 0.1) is 5.56 Å². The molecule has 1 heterocycles. The molecule has 1 aliphatic heterocycles. The van der Waals surface area contributed by atoms with Crippen molar-refractivity contribution in [2.45, 2.75) is 89.3 Å². The van der Waals surface area contributed by atoms with E-state index in [1.54, 1.807) is 0 Å². The topological polar surface area (TPSA) is 49.8 Å². The largest absolute Gasteiger partial charge is 0.459 e. The van der Waals surface area contributed by atoms with Crippen LogP contribution in [-0.2, 0) is 4.74 Å². The van der Waals surface area contributed by atoms with Crippen LogP contribution in [0, 0.1) is 11.8 Å². The maximum atomic E-state index is 12.8. The lowest BCUT2D eigenvalue weighted by atomic mass is 9.73. The number of hydrogen-bond donors (Lipinski definition) is 1. The van der Waals surface area contributed by atoms with Crippen molar-refractivity contribution in [3.8, 4) is 0 Å². The zero-order valence-electron chi connectivity index (χ0n) is 20.5. The summed E-state index contributed by atoms with van der Waals surface area (Å²) in [5.41, 5.74) is 1.06. The van der Waals surface area contributed by atoms with Crippen molar-refractivity contribution in [2.75, 3.05) is 0 Å². The lowest BCUT2D eigenvalue weighted by Gasteiger charge is -2.50. The molecule has 1 saturated heterocycles. The second kappa shape index (κ2) is 9.60. The van der Waals surface area contributed by atoms with Crippen LogP contribution in [0.25, 0.3) is 0 Å². The molecule has 0 bridgehead atoms. The molecule has 178 valence electrons. The van der Waals surface area contributed by atoms with E-state index in [0.29, 0.717) is 30.2 Å². The molecule has 0 amide bonds. The van der Waals surface area contributed by atoms with Gasteiger partial charge in [0.2, 0.25) is 0 Å². The summed E-state index contributed by atoms with van der Waals surface area (Å²) in [5.74, 6) is 1.57. The van der Waals surface area contributed by atoms with Crippen LogP contribution in [-0.4, -0.2) is 33.4 Å². The maximum absolute atomic E-state index is 12.8. The molecule has 4 heteroatoms. The Balaban J connectivity index is 1.32. The molecule has 0 unspecified atom stereocenters. The Morgan fingerprint density at radius 2 is 1.42 bits per heavy atom. The first-order chi connectivity index (χ1) is 15.7. The molecular formula is C29H39NO3. The third-order valence-electron chi connectivity index (χ3n) is 7.81. The highest BCUT2D eigenvalue weighted by atomic mass is 16.5. The highest BCUT2D eigenvalue weighted by Gasteiger charge is 2.46. The number of esters is 1. The lowest BCUT2D eigenvalue weighted by Crippen LogP contribution is -2.60. The van der Waals surface area contributed by atoms with E-state index in [1.165, 1.54) is 36.3 Å². The van der Waals surface area contributed by atoms with Crippen LogP contribution in [0.4, 0.5) is 0 Å². The molecule has 0 atom stereocenters. The number of allylic oxidation sites excluding steroid dienone is 6. The number of carbonyl (C=O) groups excluding carboxylic acids is 1. The van der Waals surface area contributed by atoms with Crippen LogP contribution in [0.15, 0.2) is 60.7 Å². The average Bonchev–Trinajstić information content (AvgIpc) is 3.07. The molecule has 33 heavy (non-hydrogen) atoms. The van der Waals surface area contributed by atoms with E-state index < -0.39 is 11.1 Å². The Kier molecular flexibility index (Phi) is 6.97. The molecule has 1 saturated carbocycles. The van der Waals surface area contributed by atoms with Gasteiger partial charge in [-0.05, 0) is 88.8 Å². The van der Waals surface area contributed by atoms with Crippen LogP contribution in [0.5, 0.6) is 0 Å². The van der Waals surface area contributed by atoms with E-state index in [1.807, 2.05) is 39.8 Å². The first-order valence-corrected chi connectivity index (χ1v) is 12.5. The summed E-state index contributed by atoms with van der Waals surface area (Å²) < 4.78 is 5.88. The highest BCUT2D eigenvalue weighted by Crippen LogP contribution is 2.40. The minimum absolute atomic E-state index is 0.205. The van der Waals surface area contributed by atoms with Crippen molar-refractivity contribution in [3.63, 3.8) is 0 Å². The minimum atomic E-state index is -0.436. The van der Waals surface area contributed by atoms with E-state index >= 15 is 0 Å². The van der Waals surface area contributed by atoms with Gasteiger partial charge in [0, 0.05) is 23.9 Å². The Labute approximate surface area is 199 Å². The smallest absolute Gasteiger partial charge is 0.338 e. The molecule has 0 spiro atoms. The lowest BCUT2D eigenvalue weighted by molar-refractivity contribution is -0.256. The fraction of sp³-hybridized carbons (Fsp3) is 0.552. The summed E-state index contributed by atoms with van der Waals surface area (Å²) in [5, 5.41) is 11.9. The quantitative estimate of drug-likeness (QED) is 0.512.